The van der Waals surface area contributed by atoms with Gasteiger partial charge in [0, 0.05) is 18.5 Å². The van der Waals surface area contributed by atoms with Crippen LogP contribution in [0.25, 0.3) is 0 Å². The number of rotatable bonds is 3. The van der Waals surface area contributed by atoms with Crippen LogP contribution in [-0.2, 0) is 10.0 Å². The molecule has 1 heterocycles. The molecule has 20 heavy (non-hydrogen) atoms. The molecule has 2 rings (SSSR count). The van der Waals surface area contributed by atoms with Crippen LogP contribution in [0, 0.1) is 11.6 Å². The molecule has 9 heteroatoms. The molecule has 2 aromatic rings. The fraction of sp³-hybridized carbons (Fsp3) is 0. The molecule has 0 aliphatic carbocycles. The Morgan fingerprint density at radius 2 is 1.95 bits per heavy atom. The van der Waals surface area contributed by atoms with E-state index in [1.54, 1.807) is 0 Å². The van der Waals surface area contributed by atoms with Crippen molar-refractivity contribution in [2.45, 2.75) is 4.90 Å². The fourth-order valence-electron chi connectivity index (χ4n) is 1.36. The van der Waals surface area contributed by atoms with E-state index < -0.39 is 27.3 Å². The molecule has 0 spiro atoms. The highest BCUT2D eigenvalue weighted by Crippen LogP contribution is 2.27. The van der Waals surface area contributed by atoms with Crippen LogP contribution in [0.2, 0.25) is 5.02 Å². The SMILES string of the molecule is O=S(=O)(Nc1cc(Br)c(F)cc1F)c1cnccc1Cl. The third-order valence-corrected chi connectivity index (χ3v) is 4.72. The predicted molar refractivity (Wildman–Crippen MR) is 74.1 cm³/mol. The molecule has 0 fully saturated rings. The van der Waals surface area contributed by atoms with Crippen LogP contribution >= 0.6 is 27.5 Å². The van der Waals surface area contributed by atoms with Gasteiger partial charge in [0.1, 0.15) is 16.5 Å². The van der Waals surface area contributed by atoms with Crippen molar-refractivity contribution in [3.63, 3.8) is 0 Å². The number of aromatic nitrogens is 1. The summed E-state index contributed by atoms with van der Waals surface area (Å²) in [5.74, 6) is -1.89. The van der Waals surface area contributed by atoms with Crippen molar-refractivity contribution >= 4 is 43.2 Å². The molecular formula is C11H6BrClF2N2O2S. The number of halogens is 4. The molecule has 0 aliphatic heterocycles. The number of nitrogens with one attached hydrogen (secondary N) is 1. The lowest BCUT2D eigenvalue weighted by Gasteiger charge is -2.10. The van der Waals surface area contributed by atoms with E-state index in [1.165, 1.54) is 12.3 Å². The maximum absolute atomic E-state index is 13.5. The molecular weight excluding hydrogens is 378 g/mol. The van der Waals surface area contributed by atoms with Crippen LogP contribution in [0.15, 0.2) is 40.0 Å². The summed E-state index contributed by atoms with van der Waals surface area (Å²) >= 11 is 8.59. The molecule has 1 aromatic heterocycles. The van der Waals surface area contributed by atoms with Gasteiger partial charge in [0.25, 0.3) is 10.0 Å². The van der Waals surface area contributed by atoms with Crippen LogP contribution < -0.4 is 4.72 Å². The maximum Gasteiger partial charge on any atom is 0.265 e. The van der Waals surface area contributed by atoms with Crippen molar-refractivity contribution in [2.75, 3.05) is 4.72 Å². The number of hydrogen-bond donors (Lipinski definition) is 1. The van der Waals surface area contributed by atoms with Crippen molar-refractivity contribution in [3.8, 4) is 0 Å². The number of benzene rings is 1. The molecule has 0 saturated heterocycles. The van der Waals surface area contributed by atoms with Crippen LogP contribution in [-0.4, -0.2) is 13.4 Å². The number of pyridine rings is 1. The minimum absolute atomic E-state index is 0.0610. The molecule has 106 valence electrons. The zero-order valence-corrected chi connectivity index (χ0v) is 12.7. The third kappa shape index (κ3) is 3.08. The fourth-order valence-corrected chi connectivity index (χ4v) is 3.19. The summed E-state index contributed by atoms with van der Waals surface area (Å²) in [4.78, 5) is 3.34. The lowest BCUT2D eigenvalue weighted by Crippen LogP contribution is -2.15. The number of hydrogen-bond acceptors (Lipinski definition) is 3. The summed E-state index contributed by atoms with van der Waals surface area (Å²) < 4.78 is 52.7. The van der Waals surface area contributed by atoms with Gasteiger partial charge in [-0.05, 0) is 28.1 Å². The molecule has 0 saturated carbocycles. The van der Waals surface area contributed by atoms with Gasteiger partial charge in [-0.2, -0.15) is 0 Å². The second-order valence-corrected chi connectivity index (χ2v) is 6.57. The first-order valence-electron chi connectivity index (χ1n) is 5.08. The van der Waals surface area contributed by atoms with E-state index in [0.29, 0.717) is 6.07 Å². The second-order valence-electron chi connectivity index (χ2n) is 3.66. The van der Waals surface area contributed by atoms with Gasteiger partial charge < -0.3 is 0 Å². The Balaban J connectivity index is 2.44. The van der Waals surface area contributed by atoms with Gasteiger partial charge in [0.15, 0.2) is 0 Å². The quantitative estimate of drug-likeness (QED) is 0.824. The summed E-state index contributed by atoms with van der Waals surface area (Å²) in [5.41, 5.74) is -0.404. The lowest BCUT2D eigenvalue weighted by atomic mass is 10.3. The predicted octanol–water partition coefficient (Wildman–Crippen LogP) is 3.58. The van der Waals surface area contributed by atoms with Crippen LogP contribution in [0.3, 0.4) is 0 Å². The highest BCUT2D eigenvalue weighted by atomic mass is 79.9. The summed E-state index contributed by atoms with van der Waals surface area (Å²) in [6, 6.07) is 2.83. The van der Waals surface area contributed by atoms with Crippen molar-refractivity contribution in [2.24, 2.45) is 0 Å². The van der Waals surface area contributed by atoms with E-state index in [4.69, 9.17) is 11.6 Å². The number of anilines is 1. The van der Waals surface area contributed by atoms with E-state index in [0.717, 1.165) is 12.3 Å². The summed E-state index contributed by atoms with van der Waals surface area (Å²) in [7, 11) is -4.12. The maximum atomic E-state index is 13.5. The monoisotopic (exact) mass is 382 g/mol. The van der Waals surface area contributed by atoms with Gasteiger partial charge >= 0.3 is 0 Å². The lowest BCUT2D eigenvalue weighted by molar-refractivity contribution is 0.579. The molecule has 0 unspecified atom stereocenters. The summed E-state index contributed by atoms with van der Waals surface area (Å²) in [6.07, 6.45) is 2.34. The van der Waals surface area contributed by atoms with Crippen LogP contribution in [0.5, 0.6) is 0 Å². The van der Waals surface area contributed by atoms with Gasteiger partial charge in [-0.25, -0.2) is 17.2 Å². The van der Waals surface area contributed by atoms with Gasteiger partial charge in [0.2, 0.25) is 0 Å². The number of nitrogens with zero attached hydrogens (tertiary/aromatic N) is 1. The van der Waals surface area contributed by atoms with Gasteiger partial charge in [-0.15, -0.1) is 0 Å². The van der Waals surface area contributed by atoms with Gasteiger partial charge in [-0.1, -0.05) is 11.6 Å². The summed E-state index contributed by atoms with van der Waals surface area (Å²) in [6.45, 7) is 0. The van der Waals surface area contributed by atoms with E-state index in [1.807, 2.05) is 4.72 Å². The van der Waals surface area contributed by atoms with E-state index in [-0.39, 0.29) is 14.4 Å². The van der Waals surface area contributed by atoms with Crippen molar-refractivity contribution in [1.82, 2.24) is 4.98 Å². The van der Waals surface area contributed by atoms with Gasteiger partial charge in [0.05, 0.1) is 15.2 Å². The molecule has 0 atom stereocenters. The van der Waals surface area contributed by atoms with Crippen molar-refractivity contribution in [1.29, 1.82) is 0 Å². The van der Waals surface area contributed by atoms with E-state index >= 15 is 0 Å². The summed E-state index contributed by atoms with van der Waals surface area (Å²) in [5, 5.41) is -0.0610. The Bertz CT molecular complexity index is 771. The molecule has 1 aromatic carbocycles. The highest BCUT2D eigenvalue weighted by Gasteiger charge is 2.20. The first-order valence-corrected chi connectivity index (χ1v) is 7.73. The molecule has 1 N–H and O–H groups in total. The molecule has 0 amide bonds. The Morgan fingerprint density at radius 3 is 2.60 bits per heavy atom. The topological polar surface area (TPSA) is 59.1 Å². The molecule has 0 bridgehead atoms. The average molecular weight is 384 g/mol. The first kappa shape index (κ1) is 15.1. The molecule has 4 nitrogen and oxygen atoms in total. The Kier molecular flexibility index (Phi) is 4.26. The van der Waals surface area contributed by atoms with Crippen molar-refractivity contribution in [3.05, 3.63) is 51.7 Å². The Labute approximate surface area is 127 Å². The van der Waals surface area contributed by atoms with E-state index in [9.17, 15) is 17.2 Å². The van der Waals surface area contributed by atoms with Crippen LogP contribution in [0.4, 0.5) is 14.5 Å². The van der Waals surface area contributed by atoms with Crippen LogP contribution in [0.1, 0.15) is 0 Å². The average Bonchev–Trinajstić information content (AvgIpc) is 2.36. The largest absolute Gasteiger partial charge is 0.277 e. The normalized spacial score (nSPS) is 11.4. The minimum Gasteiger partial charge on any atom is -0.277 e. The smallest absolute Gasteiger partial charge is 0.265 e. The Morgan fingerprint density at radius 1 is 1.25 bits per heavy atom. The van der Waals surface area contributed by atoms with Crippen molar-refractivity contribution < 1.29 is 17.2 Å². The molecule has 0 aliphatic rings. The molecule has 0 radical (unpaired) electrons. The minimum atomic E-state index is -4.12. The zero-order chi connectivity index (χ0) is 14.9. The number of sulfonamides is 1. The van der Waals surface area contributed by atoms with Gasteiger partial charge in [-0.3, -0.25) is 9.71 Å². The zero-order valence-electron chi connectivity index (χ0n) is 9.57. The highest BCUT2D eigenvalue weighted by molar-refractivity contribution is 9.10. The third-order valence-electron chi connectivity index (χ3n) is 2.28. The Hall–Kier alpha value is -1.25. The first-order chi connectivity index (χ1) is 9.31. The standard InChI is InChI=1S/C11H6BrClF2N2O2S/c12-6-3-10(9(15)4-8(6)14)17-20(18,19)11-5-16-2-1-7(11)13/h1-5,17H. The second kappa shape index (κ2) is 5.63. The van der Waals surface area contributed by atoms with E-state index in [2.05, 4.69) is 20.9 Å².